The average Bonchev–Trinajstić information content (AvgIpc) is 2.45. The van der Waals surface area contributed by atoms with E-state index in [9.17, 15) is 4.79 Å². The predicted octanol–water partition coefficient (Wildman–Crippen LogP) is 1.24. The normalized spacial score (nSPS) is 20.4. The van der Waals surface area contributed by atoms with Gasteiger partial charge in [-0.15, -0.1) is 0 Å². The van der Waals surface area contributed by atoms with Gasteiger partial charge in [-0.1, -0.05) is 17.7 Å². The molecule has 2 rings (SSSR count). The van der Waals surface area contributed by atoms with E-state index in [0.29, 0.717) is 24.0 Å². The summed E-state index contributed by atoms with van der Waals surface area (Å²) in [5.74, 6) is 0.00645. The Bertz CT molecular complexity index is 482. The number of nitrogens with one attached hydrogen (secondary N) is 1. The fourth-order valence-electron chi connectivity index (χ4n) is 2.60. The summed E-state index contributed by atoms with van der Waals surface area (Å²) in [5, 5.41) is 3.49. The van der Waals surface area contributed by atoms with E-state index in [1.54, 1.807) is 12.1 Å². The quantitative estimate of drug-likeness (QED) is 0.859. The van der Waals surface area contributed by atoms with Crippen molar-refractivity contribution in [2.45, 2.75) is 12.5 Å². The summed E-state index contributed by atoms with van der Waals surface area (Å²) >= 11 is 5.90. The van der Waals surface area contributed by atoms with Gasteiger partial charge in [-0.25, -0.2) is 0 Å². The molecule has 3 N–H and O–H groups in total. The van der Waals surface area contributed by atoms with Crippen molar-refractivity contribution in [1.29, 1.82) is 0 Å². The number of piperazine rings is 1. The molecule has 1 aromatic rings. The first-order valence-electron chi connectivity index (χ1n) is 7.26. The standard InChI is InChI=1S/C15H23ClN4O/c1-19-7-8-20(14(10-17)11-19)6-5-15(21)18-13-4-2-3-12(16)9-13/h2-4,9,14H,5-8,10-11,17H2,1H3,(H,18,21). The minimum Gasteiger partial charge on any atom is -0.329 e. The number of amides is 1. The highest BCUT2D eigenvalue weighted by Gasteiger charge is 2.24. The number of benzene rings is 1. The van der Waals surface area contributed by atoms with Crippen LogP contribution in [0.5, 0.6) is 0 Å². The van der Waals surface area contributed by atoms with Crippen molar-refractivity contribution in [2.24, 2.45) is 5.73 Å². The molecule has 0 saturated carbocycles. The van der Waals surface area contributed by atoms with Crippen molar-refractivity contribution in [3.63, 3.8) is 0 Å². The van der Waals surface area contributed by atoms with Crippen molar-refractivity contribution >= 4 is 23.2 Å². The highest BCUT2D eigenvalue weighted by Crippen LogP contribution is 2.15. The van der Waals surface area contributed by atoms with Crippen LogP contribution in [-0.2, 0) is 4.79 Å². The van der Waals surface area contributed by atoms with Gasteiger partial charge in [0.25, 0.3) is 0 Å². The van der Waals surface area contributed by atoms with Gasteiger partial charge in [0.1, 0.15) is 0 Å². The van der Waals surface area contributed by atoms with Crippen LogP contribution in [0, 0.1) is 0 Å². The minimum atomic E-state index is 0.00645. The molecule has 1 unspecified atom stereocenters. The van der Waals surface area contributed by atoms with Crippen LogP contribution in [0.1, 0.15) is 6.42 Å². The topological polar surface area (TPSA) is 61.6 Å². The van der Waals surface area contributed by atoms with Crippen molar-refractivity contribution in [1.82, 2.24) is 9.80 Å². The molecule has 5 nitrogen and oxygen atoms in total. The summed E-state index contributed by atoms with van der Waals surface area (Å²) in [6.07, 6.45) is 0.465. The van der Waals surface area contributed by atoms with Crippen LogP contribution in [0.3, 0.4) is 0 Å². The van der Waals surface area contributed by atoms with Crippen molar-refractivity contribution < 1.29 is 4.79 Å². The number of carbonyl (C=O) groups is 1. The van der Waals surface area contributed by atoms with Crippen LogP contribution in [-0.4, -0.2) is 61.5 Å². The maximum atomic E-state index is 12.0. The van der Waals surface area contributed by atoms with Gasteiger partial charge in [-0.2, -0.15) is 0 Å². The Morgan fingerprint density at radius 2 is 2.29 bits per heavy atom. The first-order chi connectivity index (χ1) is 10.1. The average molecular weight is 311 g/mol. The molecule has 1 aliphatic heterocycles. The molecular formula is C15H23ClN4O. The predicted molar refractivity (Wildman–Crippen MR) is 86.6 cm³/mol. The van der Waals surface area contributed by atoms with Gasteiger partial charge in [0.2, 0.25) is 5.91 Å². The van der Waals surface area contributed by atoms with Crippen molar-refractivity contribution in [3.8, 4) is 0 Å². The summed E-state index contributed by atoms with van der Waals surface area (Å²) < 4.78 is 0. The molecule has 0 bridgehead atoms. The summed E-state index contributed by atoms with van der Waals surface area (Å²) in [7, 11) is 2.10. The Hall–Kier alpha value is -1.14. The number of carbonyl (C=O) groups excluding carboxylic acids is 1. The van der Waals surface area contributed by atoms with E-state index >= 15 is 0 Å². The number of nitrogens with two attached hydrogens (primary N) is 1. The zero-order chi connectivity index (χ0) is 15.2. The number of rotatable bonds is 5. The van der Waals surface area contributed by atoms with Crippen LogP contribution in [0.15, 0.2) is 24.3 Å². The minimum absolute atomic E-state index is 0.00645. The molecule has 0 aliphatic carbocycles. The fraction of sp³-hybridized carbons (Fsp3) is 0.533. The van der Waals surface area contributed by atoms with Crippen molar-refractivity contribution in [2.75, 3.05) is 45.1 Å². The molecule has 1 amide bonds. The first kappa shape index (κ1) is 16.2. The molecule has 1 atom stereocenters. The molecule has 1 aliphatic rings. The Labute approximate surface area is 131 Å². The van der Waals surface area contributed by atoms with Crippen LogP contribution >= 0.6 is 11.6 Å². The molecule has 6 heteroatoms. The molecule has 1 fully saturated rings. The molecule has 1 saturated heterocycles. The molecule has 0 spiro atoms. The van der Waals surface area contributed by atoms with E-state index in [4.69, 9.17) is 17.3 Å². The molecule has 116 valence electrons. The van der Waals surface area contributed by atoms with Crippen LogP contribution in [0.2, 0.25) is 5.02 Å². The monoisotopic (exact) mass is 310 g/mol. The second-order valence-corrected chi connectivity index (χ2v) is 5.93. The van der Waals surface area contributed by atoms with Crippen LogP contribution in [0.25, 0.3) is 0 Å². The molecular weight excluding hydrogens is 288 g/mol. The third-order valence-electron chi connectivity index (χ3n) is 3.81. The van der Waals surface area contributed by atoms with E-state index in [-0.39, 0.29) is 5.91 Å². The number of likely N-dealkylation sites (N-methyl/N-ethyl adjacent to an activating group) is 1. The Kier molecular flexibility index (Phi) is 5.99. The van der Waals surface area contributed by atoms with Gasteiger partial charge in [-0.05, 0) is 25.2 Å². The molecule has 21 heavy (non-hydrogen) atoms. The van der Waals surface area contributed by atoms with Crippen LogP contribution < -0.4 is 11.1 Å². The lowest BCUT2D eigenvalue weighted by Crippen LogP contribution is -2.55. The SMILES string of the molecule is CN1CCN(CCC(=O)Nc2cccc(Cl)c2)C(CN)C1. The lowest BCUT2D eigenvalue weighted by atomic mass is 10.1. The van der Waals surface area contributed by atoms with E-state index in [2.05, 4.69) is 22.2 Å². The van der Waals surface area contributed by atoms with Gasteiger partial charge >= 0.3 is 0 Å². The zero-order valence-electron chi connectivity index (χ0n) is 12.4. The van der Waals surface area contributed by atoms with E-state index in [1.807, 2.05) is 12.1 Å². The third-order valence-corrected chi connectivity index (χ3v) is 4.05. The Balaban J connectivity index is 1.80. The summed E-state index contributed by atoms with van der Waals surface area (Å²) in [5.41, 5.74) is 6.56. The number of halogens is 1. The molecule has 1 heterocycles. The van der Waals surface area contributed by atoms with Gasteiger partial charge in [-0.3, -0.25) is 9.69 Å². The van der Waals surface area contributed by atoms with Crippen molar-refractivity contribution in [3.05, 3.63) is 29.3 Å². The molecule has 0 aromatic heterocycles. The molecule has 0 radical (unpaired) electrons. The zero-order valence-corrected chi connectivity index (χ0v) is 13.1. The smallest absolute Gasteiger partial charge is 0.225 e. The highest BCUT2D eigenvalue weighted by atomic mass is 35.5. The first-order valence-corrected chi connectivity index (χ1v) is 7.64. The number of hydrogen-bond donors (Lipinski definition) is 2. The number of hydrogen-bond acceptors (Lipinski definition) is 4. The third kappa shape index (κ3) is 4.97. The maximum absolute atomic E-state index is 12.0. The number of anilines is 1. The van der Waals surface area contributed by atoms with E-state index < -0.39 is 0 Å². The summed E-state index contributed by atoms with van der Waals surface area (Å²) in [6, 6.07) is 7.53. The second kappa shape index (κ2) is 7.75. The fourth-order valence-corrected chi connectivity index (χ4v) is 2.79. The second-order valence-electron chi connectivity index (χ2n) is 5.50. The lowest BCUT2D eigenvalue weighted by molar-refractivity contribution is -0.116. The number of nitrogens with zero attached hydrogens (tertiary/aromatic N) is 2. The van der Waals surface area contributed by atoms with Gasteiger partial charge in [0.15, 0.2) is 0 Å². The summed E-state index contributed by atoms with van der Waals surface area (Å²) in [4.78, 5) is 16.6. The Morgan fingerprint density at radius 3 is 3.00 bits per heavy atom. The Morgan fingerprint density at radius 1 is 1.48 bits per heavy atom. The highest BCUT2D eigenvalue weighted by molar-refractivity contribution is 6.30. The lowest BCUT2D eigenvalue weighted by Gasteiger charge is -2.39. The maximum Gasteiger partial charge on any atom is 0.225 e. The summed E-state index contributed by atoms with van der Waals surface area (Å²) in [6.45, 7) is 4.31. The van der Waals surface area contributed by atoms with Gasteiger partial charge in [0, 0.05) is 55.9 Å². The van der Waals surface area contributed by atoms with Gasteiger partial charge < -0.3 is 16.0 Å². The van der Waals surface area contributed by atoms with E-state index in [1.165, 1.54) is 0 Å². The van der Waals surface area contributed by atoms with Crippen LogP contribution in [0.4, 0.5) is 5.69 Å². The van der Waals surface area contributed by atoms with Gasteiger partial charge in [0.05, 0.1) is 0 Å². The van der Waals surface area contributed by atoms with E-state index in [0.717, 1.165) is 31.9 Å². The molecule has 1 aromatic carbocycles. The largest absolute Gasteiger partial charge is 0.329 e.